The van der Waals surface area contributed by atoms with E-state index in [1.54, 1.807) is 0 Å². The van der Waals surface area contributed by atoms with Crippen LogP contribution in [0.1, 0.15) is 245 Å². The van der Waals surface area contributed by atoms with Crippen LogP contribution >= 0.6 is 0 Å². The maximum Gasteiger partial charge on any atom is 0.257 e. The van der Waals surface area contributed by atoms with Crippen LogP contribution in [0.15, 0.2) is 12.4 Å². The predicted molar refractivity (Wildman–Crippen MR) is 189 cm³/mol. The summed E-state index contributed by atoms with van der Waals surface area (Å²) in [5.74, 6) is 2.23. The fourth-order valence-corrected chi connectivity index (χ4v) is 6.94. The van der Waals surface area contributed by atoms with Gasteiger partial charge in [0.25, 0.3) is 5.82 Å². The van der Waals surface area contributed by atoms with E-state index in [-0.39, 0.29) is 0 Å². The Morgan fingerprint density at radius 1 is 0.452 bits per heavy atom. The second-order valence-corrected chi connectivity index (χ2v) is 14.0. The Morgan fingerprint density at radius 3 is 1.19 bits per heavy atom. The molecule has 1 aromatic heterocycles. The van der Waals surface area contributed by atoms with Gasteiger partial charge in [-0.15, -0.1) is 0 Å². The highest BCUT2D eigenvalue weighted by Crippen LogP contribution is 2.27. The lowest BCUT2D eigenvalue weighted by Crippen LogP contribution is -2.41. The maximum atomic E-state index is 3.70. The van der Waals surface area contributed by atoms with Gasteiger partial charge in [0.05, 0.1) is 12.0 Å². The molecule has 0 saturated heterocycles. The third kappa shape index (κ3) is 21.8. The highest BCUT2D eigenvalue weighted by molar-refractivity contribution is 4.90. The van der Waals surface area contributed by atoms with Gasteiger partial charge in [-0.1, -0.05) is 194 Å². The minimum absolute atomic E-state index is 0.620. The molecule has 0 aliphatic carbocycles. The summed E-state index contributed by atoms with van der Waals surface area (Å²) >= 11 is 0. The van der Waals surface area contributed by atoms with Crippen LogP contribution in [0.4, 0.5) is 0 Å². The van der Waals surface area contributed by atoms with E-state index in [0.717, 1.165) is 0 Å². The Hall–Kier alpha value is -0.790. The fourth-order valence-electron chi connectivity index (χ4n) is 6.94. The molecule has 2 heteroatoms. The fraction of sp³-hybridized carbons (Fsp3) is 0.925. The first-order valence-electron chi connectivity index (χ1n) is 19.8. The molecule has 2 nitrogen and oxygen atoms in total. The molecule has 1 N–H and O–H groups in total. The summed E-state index contributed by atoms with van der Waals surface area (Å²) in [5, 5.41) is 0. The van der Waals surface area contributed by atoms with Crippen molar-refractivity contribution in [3.8, 4) is 0 Å². The first-order chi connectivity index (χ1) is 20.7. The SMILES string of the molecule is CCCCCCCCCCCCCCCCC(C)[n+]1cc[nH]c1C(CCCC)CCCCCCCCCCCCCC. The van der Waals surface area contributed by atoms with Crippen molar-refractivity contribution < 1.29 is 4.57 Å². The van der Waals surface area contributed by atoms with Crippen molar-refractivity contribution in [2.24, 2.45) is 0 Å². The van der Waals surface area contributed by atoms with Crippen LogP contribution in [0.2, 0.25) is 0 Å². The standard InChI is InChI=1S/C40H78N2/c1-5-8-11-13-15-17-19-21-22-23-25-27-29-31-33-38(4)42-37-36-41-40(42)39(34-10-7-3)35-32-30-28-26-24-20-18-16-14-12-9-6-2/h36-39H,5-35H2,1-4H3/p+1. The molecule has 0 aliphatic rings. The van der Waals surface area contributed by atoms with E-state index in [1.165, 1.54) is 205 Å². The quantitative estimate of drug-likeness (QED) is 0.0623. The Labute approximate surface area is 266 Å². The number of unbranched alkanes of at least 4 members (excludes halogenated alkanes) is 25. The molecule has 0 radical (unpaired) electrons. The molecule has 2 unspecified atom stereocenters. The Morgan fingerprint density at radius 2 is 0.786 bits per heavy atom. The second-order valence-electron chi connectivity index (χ2n) is 14.0. The van der Waals surface area contributed by atoms with Gasteiger partial charge in [0, 0.05) is 0 Å². The summed E-state index contributed by atoms with van der Waals surface area (Å²) in [6.45, 7) is 9.43. The summed E-state index contributed by atoms with van der Waals surface area (Å²) in [4.78, 5) is 3.70. The van der Waals surface area contributed by atoms with Gasteiger partial charge >= 0.3 is 0 Å². The van der Waals surface area contributed by atoms with Crippen LogP contribution < -0.4 is 4.57 Å². The van der Waals surface area contributed by atoms with E-state index in [9.17, 15) is 0 Å². The normalized spacial score (nSPS) is 13.1. The monoisotopic (exact) mass is 588 g/mol. The second kappa shape index (κ2) is 30.2. The van der Waals surface area contributed by atoms with Crippen LogP contribution in [-0.2, 0) is 0 Å². The van der Waals surface area contributed by atoms with Crippen molar-refractivity contribution in [3.05, 3.63) is 18.2 Å². The van der Waals surface area contributed by atoms with Gasteiger partial charge in [0.2, 0.25) is 0 Å². The topological polar surface area (TPSA) is 19.7 Å². The van der Waals surface area contributed by atoms with Gasteiger partial charge in [-0.2, -0.15) is 0 Å². The molecule has 0 aromatic carbocycles. The number of hydrogen-bond donors (Lipinski definition) is 1. The highest BCUT2D eigenvalue weighted by Gasteiger charge is 2.25. The first kappa shape index (κ1) is 39.2. The maximum absolute atomic E-state index is 3.70. The lowest BCUT2D eigenvalue weighted by Gasteiger charge is -2.17. The third-order valence-corrected chi connectivity index (χ3v) is 9.89. The molecule has 0 amide bonds. The molecular weight excluding hydrogens is 508 g/mol. The number of aromatic amines is 1. The molecule has 0 saturated carbocycles. The molecule has 0 fully saturated rings. The van der Waals surface area contributed by atoms with E-state index in [1.807, 2.05) is 0 Å². The average Bonchev–Trinajstić information content (AvgIpc) is 3.49. The van der Waals surface area contributed by atoms with Gasteiger partial charge in [-0.3, -0.25) is 0 Å². The van der Waals surface area contributed by atoms with Crippen molar-refractivity contribution in [1.82, 2.24) is 4.98 Å². The molecule has 42 heavy (non-hydrogen) atoms. The van der Waals surface area contributed by atoms with Crippen LogP contribution in [0.25, 0.3) is 0 Å². The zero-order valence-corrected chi connectivity index (χ0v) is 29.7. The zero-order chi connectivity index (χ0) is 30.4. The van der Waals surface area contributed by atoms with Crippen molar-refractivity contribution in [2.75, 3.05) is 0 Å². The van der Waals surface area contributed by atoms with Crippen molar-refractivity contribution >= 4 is 0 Å². The third-order valence-electron chi connectivity index (χ3n) is 9.89. The predicted octanol–water partition coefficient (Wildman–Crippen LogP) is 14.1. The highest BCUT2D eigenvalue weighted by atomic mass is 15.1. The van der Waals surface area contributed by atoms with Crippen LogP contribution in [0, 0.1) is 0 Å². The molecule has 248 valence electrons. The lowest BCUT2D eigenvalue weighted by atomic mass is 9.93. The van der Waals surface area contributed by atoms with E-state index in [4.69, 9.17) is 0 Å². The van der Waals surface area contributed by atoms with Crippen LogP contribution in [-0.4, -0.2) is 4.98 Å². The van der Waals surface area contributed by atoms with Crippen molar-refractivity contribution in [2.45, 2.75) is 239 Å². The van der Waals surface area contributed by atoms with E-state index in [2.05, 4.69) is 49.6 Å². The number of imidazole rings is 1. The molecule has 1 rings (SSSR count). The summed E-state index contributed by atoms with van der Waals surface area (Å²) < 4.78 is 2.61. The lowest BCUT2D eigenvalue weighted by molar-refractivity contribution is -0.727. The van der Waals surface area contributed by atoms with Gasteiger partial charge in [0.15, 0.2) is 0 Å². The number of nitrogens with one attached hydrogen (secondary N) is 1. The van der Waals surface area contributed by atoms with Crippen LogP contribution in [0.5, 0.6) is 0 Å². The van der Waals surface area contributed by atoms with Gasteiger partial charge in [0.1, 0.15) is 12.4 Å². The number of aromatic nitrogens is 2. The smallest absolute Gasteiger partial charge is 0.247 e. The average molecular weight is 588 g/mol. The van der Waals surface area contributed by atoms with Gasteiger partial charge in [-0.05, 0) is 32.6 Å². The van der Waals surface area contributed by atoms with Gasteiger partial charge < -0.3 is 0 Å². The summed E-state index contributed by atoms with van der Waals surface area (Å²) in [5.41, 5.74) is 0. The van der Waals surface area contributed by atoms with Crippen molar-refractivity contribution in [1.29, 1.82) is 0 Å². The van der Waals surface area contributed by atoms with Crippen LogP contribution in [0.3, 0.4) is 0 Å². The van der Waals surface area contributed by atoms with E-state index >= 15 is 0 Å². The molecule has 0 bridgehead atoms. The zero-order valence-electron chi connectivity index (χ0n) is 29.7. The van der Waals surface area contributed by atoms with E-state index in [0.29, 0.717) is 12.0 Å². The molecule has 2 atom stereocenters. The molecule has 0 aliphatic heterocycles. The number of nitrogens with zero attached hydrogens (tertiary/aromatic N) is 1. The van der Waals surface area contributed by atoms with Gasteiger partial charge in [-0.25, -0.2) is 9.55 Å². The minimum atomic E-state index is 0.620. The van der Waals surface area contributed by atoms with E-state index < -0.39 is 0 Å². The van der Waals surface area contributed by atoms with Crippen molar-refractivity contribution in [3.63, 3.8) is 0 Å². The number of H-pyrrole nitrogens is 1. The molecule has 1 heterocycles. The summed E-state index contributed by atoms with van der Waals surface area (Å²) in [6.07, 6.45) is 48.7. The summed E-state index contributed by atoms with van der Waals surface area (Å²) in [7, 11) is 0. The number of hydrogen-bond acceptors (Lipinski definition) is 0. The minimum Gasteiger partial charge on any atom is -0.247 e. The molecule has 1 aromatic rings. The first-order valence-corrected chi connectivity index (χ1v) is 19.8. The molecular formula is C40H79N2+. The number of rotatable bonds is 33. The Balaban J connectivity index is 2.18. The molecule has 0 spiro atoms. The summed E-state index contributed by atoms with van der Waals surface area (Å²) in [6, 6.07) is 0.620. The Bertz CT molecular complexity index is 650. The largest absolute Gasteiger partial charge is 0.257 e. The Kier molecular flexibility index (Phi) is 28.3.